The molecule has 0 radical (unpaired) electrons. The average Bonchev–Trinajstić information content (AvgIpc) is 3.08. The molecule has 1 unspecified atom stereocenters. The first kappa shape index (κ1) is 15.3. The first-order valence-corrected chi connectivity index (χ1v) is 7.63. The van der Waals surface area contributed by atoms with Crippen LogP contribution >= 0.6 is 0 Å². The number of furan rings is 1. The van der Waals surface area contributed by atoms with E-state index in [1.165, 1.54) is 4.90 Å². The molecule has 1 saturated heterocycles. The van der Waals surface area contributed by atoms with E-state index in [1.807, 2.05) is 0 Å². The van der Waals surface area contributed by atoms with E-state index in [1.54, 1.807) is 37.5 Å². The highest BCUT2D eigenvalue weighted by Crippen LogP contribution is 2.23. The number of pyridine rings is 1. The summed E-state index contributed by atoms with van der Waals surface area (Å²) < 4.78 is 5.30. The molecule has 6 nitrogen and oxygen atoms in total. The van der Waals surface area contributed by atoms with Gasteiger partial charge in [0.15, 0.2) is 5.76 Å². The van der Waals surface area contributed by atoms with Gasteiger partial charge in [-0.15, -0.1) is 0 Å². The summed E-state index contributed by atoms with van der Waals surface area (Å²) in [5.74, 6) is -0.586. The minimum atomic E-state index is -0.948. The van der Waals surface area contributed by atoms with Crippen LogP contribution in [0.1, 0.15) is 35.3 Å². The van der Waals surface area contributed by atoms with Crippen LogP contribution in [0.3, 0.4) is 0 Å². The molecule has 1 atom stereocenters. The van der Waals surface area contributed by atoms with Crippen molar-refractivity contribution in [1.82, 2.24) is 9.88 Å². The molecule has 120 valence electrons. The van der Waals surface area contributed by atoms with Crippen molar-refractivity contribution in [2.75, 3.05) is 6.54 Å². The second-order valence-corrected chi connectivity index (χ2v) is 5.66. The van der Waals surface area contributed by atoms with E-state index in [-0.39, 0.29) is 5.91 Å². The molecule has 0 saturated carbocycles. The molecular weight excluding hydrogens is 296 g/mol. The molecule has 1 aliphatic rings. The quantitative estimate of drug-likeness (QED) is 0.941. The van der Waals surface area contributed by atoms with Crippen LogP contribution in [-0.2, 0) is 4.79 Å². The number of aliphatic carboxylic acids is 1. The number of carboxylic acid groups (broad SMARTS) is 1. The molecule has 1 fully saturated rings. The highest BCUT2D eigenvalue weighted by atomic mass is 16.4. The fourth-order valence-corrected chi connectivity index (χ4v) is 2.93. The van der Waals surface area contributed by atoms with Crippen LogP contribution < -0.4 is 0 Å². The first-order chi connectivity index (χ1) is 11.1. The fraction of sp³-hybridized carbons (Fsp3) is 0.353. The number of piperidine rings is 1. The van der Waals surface area contributed by atoms with Crippen molar-refractivity contribution in [2.45, 2.75) is 32.2 Å². The van der Waals surface area contributed by atoms with Crippen LogP contribution in [0.5, 0.6) is 0 Å². The number of rotatable bonds is 3. The summed E-state index contributed by atoms with van der Waals surface area (Å²) in [6.07, 6.45) is 3.72. The Morgan fingerprint density at radius 3 is 2.78 bits per heavy atom. The number of likely N-dealkylation sites (tertiary alicyclic amines) is 1. The van der Waals surface area contributed by atoms with Crippen molar-refractivity contribution >= 4 is 11.9 Å². The lowest BCUT2D eigenvalue weighted by atomic mass is 10.0. The molecule has 3 rings (SSSR count). The van der Waals surface area contributed by atoms with Crippen LogP contribution in [0.4, 0.5) is 0 Å². The van der Waals surface area contributed by atoms with Crippen molar-refractivity contribution in [3.8, 4) is 11.5 Å². The topological polar surface area (TPSA) is 83.6 Å². The van der Waals surface area contributed by atoms with Gasteiger partial charge >= 0.3 is 5.97 Å². The van der Waals surface area contributed by atoms with Crippen molar-refractivity contribution in [3.63, 3.8) is 0 Å². The normalized spacial score (nSPS) is 18.0. The number of nitrogens with zero attached hydrogens (tertiary/aromatic N) is 2. The zero-order valence-electron chi connectivity index (χ0n) is 12.9. The number of amides is 1. The lowest BCUT2D eigenvalue weighted by molar-refractivity contribution is -0.143. The molecule has 2 aromatic heterocycles. The minimum absolute atomic E-state index is 0.270. The molecule has 6 heteroatoms. The van der Waals surface area contributed by atoms with Crippen molar-refractivity contribution < 1.29 is 19.1 Å². The van der Waals surface area contributed by atoms with E-state index >= 15 is 0 Å². The van der Waals surface area contributed by atoms with Gasteiger partial charge in [-0.1, -0.05) is 0 Å². The highest BCUT2D eigenvalue weighted by molar-refractivity contribution is 5.97. The summed E-state index contributed by atoms with van der Waals surface area (Å²) in [6, 6.07) is 6.24. The van der Waals surface area contributed by atoms with Crippen molar-refractivity contribution in [3.05, 3.63) is 41.8 Å². The molecule has 0 aromatic carbocycles. The van der Waals surface area contributed by atoms with E-state index in [4.69, 9.17) is 4.42 Å². The van der Waals surface area contributed by atoms with Gasteiger partial charge in [0.2, 0.25) is 0 Å². The highest BCUT2D eigenvalue weighted by Gasteiger charge is 2.33. The fourth-order valence-electron chi connectivity index (χ4n) is 2.93. The number of aryl methyl sites for hydroxylation is 1. The van der Waals surface area contributed by atoms with Gasteiger partial charge in [0.05, 0.1) is 17.5 Å². The van der Waals surface area contributed by atoms with Crippen LogP contribution in [0.25, 0.3) is 11.5 Å². The predicted octanol–water partition coefficient (Wildman–Crippen LogP) is 2.73. The van der Waals surface area contributed by atoms with E-state index in [0.717, 1.165) is 12.8 Å². The van der Waals surface area contributed by atoms with E-state index in [9.17, 15) is 14.7 Å². The van der Waals surface area contributed by atoms with E-state index in [0.29, 0.717) is 35.7 Å². The summed E-state index contributed by atoms with van der Waals surface area (Å²) in [4.78, 5) is 30.0. The Morgan fingerprint density at radius 2 is 2.13 bits per heavy atom. The van der Waals surface area contributed by atoms with E-state index < -0.39 is 12.0 Å². The summed E-state index contributed by atoms with van der Waals surface area (Å²) in [6.45, 7) is 2.22. The summed E-state index contributed by atoms with van der Waals surface area (Å²) in [7, 11) is 0. The van der Waals surface area contributed by atoms with Crippen LogP contribution in [-0.4, -0.2) is 39.5 Å². The van der Waals surface area contributed by atoms with E-state index in [2.05, 4.69) is 4.98 Å². The number of hydrogen-bond acceptors (Lipinski definition) is 4. The predicted molar refractivity (Wildman–Crippen MR) is 83.0 cm³/mol. The van der Waals surface area contributed by atoms with Gasteiger partial charge in [-0.3, -0.25) is 4.79 Å². The van der Waals surface area contributed by atoms with Crippen molar-refractivity contribution in [1.29, 1.82) is 0 Å². The monoisotopic (exact) mass is 314 g/mol. The third-order valence-corrected chi connectivity index (χ3v) is 4.14. The molecule has 1 aliphatic heterocycles. The van der Waals surface area contributed by atoms with Gasteiger partial charge in [-0.25, -0.2) is 9.78 Å². The zero-order chi connectivity index (χ0) is 16.4. The zero-order valence-corrected chi connectivity index (χ0v) is 12.9. The molecule has 1 N–H and O–H groups in total. The van der Waals surface area contributed by atoms with Gasteiger partial charge < -0.3 is 14.4 Å². The minimum Gasteiger partial charge on any atom is -0.480 e. The molecule has 0 spiro atoms. The van der Waals surface area contributed by atoms with Gasteiger partial charge in [0.25, 0.3) is 5.91 Å². The first-order valence-electron chi connectivity index (χ1n) is 7.63. The summed E-state index contributed by atoms with van der Waals surface area (Å²) >= 11 is 0. The van der Waals surface area contributed by atoms with Crippen molar-refractivity contribution in [2.24, 2.45) is 0 Å². The number of carboxylic acids is 1. The summed E-state index contributed by atoms with van der Waals surface area (Å²) in [5.41, 5.74) is 1.66. The molecule has 0 bridgehead atoms. The lowest BCUT2D eigenvalue weighted by Gasteiger charge is -2.33. The molecule has 23 heavy (non-hydrogen) atoms. The maximum absolute atomic E-state index is 12.7. The SMILES string of the molecule is Cc1nc(-c2ccco2)ccc1C(=O)N1CCCCC1C(=O)O. The third-order valence-electron chi connectivity index (χ3n) is 4.14. The standard InChI is InChI=1S/C17H18N2O4/c1-11-12(7-8-13(18-11)15-6-4-10-23-15)16(20)19-9-3-2-5-14(19)17(21)22/h4,6-8,10,14H,2-3,5,9H2,1H3,(H,21,22). The van der Waals surface area contributed by atoms with Crippen LogP contribution in [0, 0.1) is 6.92 Å². The molecular formula is C17H18N2O4. The Labute approximate surface area is 133 Å². The smallest absolute Gasteiger partial charge is 0.326 e. The maximum Gasteiger partial charge on any atom is 0.326 e. The molecule has 2 aromatic rings. The van der Waals surface area contributed by atoms with Crippen LogP contribution in [0.2, 0.25) is 0 Å². The number of carbonyl (C=O) groups excluding carboxylic acids is 1. The maximum atomic E-state index is 12.7. The Bertz CT molecular complexity index is 724. The van der Waals surface area contributed by atoms with Gasteiger partial charge in [-0.2, -0.15) is 0 Å². The van der Waals surface area contributed by atoms with Gasteiger partial charge in [0.1, 0.15) is 11.7 Å². The Balaban J connectivity index is 1.88. The Hall–Kier alpha value is -2.63. The number of carbonyl (C=O) groups is 2. The Morgan fingerprint density at radius 1 is 1.30 bits per heavy atom. The second kappa shape index (κ2) is 6.24. The Kier molecular flexibility index (Phi) is 4.14. The van der Waals surface area contributed by atoms with Gasteiger partial charge in [0, 0.05) is 6.54 Å². The van der Waals surface area contributed by atoms with Gasteiger partial charge in [-0.05, 0) is 50.5 Å². The third kappa shape index (κ3) is 2.97. The summed E-state index contributed by atoms with van der Waals surface area (Å²) in [5, 5.41) is 9.32. The molecule has 1 amide bonds. The lowest BCUT2D eigenvalue weighted by Crippen LogP contribution is -2.48. The molecule has 0 aliphatic carbocycles. The number of hydrogen-bond donors (Lipinski definition) is 1. The molecule has 3 heterocycles. The average molecular weight is 314 g/mol. The second-order valence-electron chi connectivity index (χ2n) is 5.66. The largest absolute Gasteiger partial charge is 0.480 e. The van der Waals surface area contributed by atoms with Crippen LogP contribution in [0.15, 0.2) is 34.9 Å². The number of aromatic nitrogens is 1.